The molecule has 1 atom stereocenters. The largest absolute Gasteiger partial charge is 0.493 e. The number of anilines is 1. The van der Waals surface area contributed by atoms with Crippen LogP contribution in [0.3, 0.4) is 0 Å². The third-order valence-electron chi connectivity index (χ3n) is 3.33. The van der Waals surface area contributed by atoms with Gasteiger partial charge in [-0.05, 0) is 24.3 Å². The van der Waals surface area contributed by atoms with E-state index in [1.165, 1.54) is 12.1 Å². The minimum atomic E-state index is -0.410. The number of hydrogen-bond acceptors (Lipinski definition) is 3. The number of nitrogens with zero attached hydrogens (tertiary/aromatic N) is 1. The molecule has 1 aliphatic rings. The van der Waals surface area contributed by atoms with Gasteiger partial charge in [0.15, 0.2) is 0 Å². The van der Waals surface area contributed by atoms with Crippen molar-refractivity contribution in [2.45, 2.75) is 12.5 Å². The lowest BCUT2D eigenvalue weighted by Gasteiger charge is -2.27. The van der Waals surface area contributed by atoms with E-state index in [9.17, 15) is 4.39 Å². The first-order valence-electron chi connectivity index (χ1n) is 6.45. The monoisotopic (exact) mass is 268 g/mol. The van der Waals surface area contributed by atoms with Crippen LogP contribution in [0.15, 0.2) is 42.5 Å². The quantitative estimate of drug-likeness (QED) is 0.904. The van der Waals surface area contributed by atoms with Crippen LogP contribution >= 0.6 is 0 Å². The molecule has 100 valence electrons. The highest BCUT2D eigenvalue weighted by atomic mass is 19.1. The molecule has 0 aromatic heterocycles. The molecule has 0 saturated heterocycles. The zero-order chi connectivity index (χ0) is 13.9. The highest BCUT2D eigenvalue weighted by Crippen LogP contribution is 2.34. The summed E-state index contributed by atoms with van der Waals surface area (Å²) in [4.78, 5) is 0. The van der Waals surface area contributed by atoms with E-state index in [0.717, 1.165) is 17.7 Å². The molecule has 4 heteroatoms. The van der Waals surface area contributed by atoms with Gasteiger partial charge in [0.2, 0.25) is 0 Å². The van der Waals surface area contributed by atoms with E-state index < -0.39 is 5.82 Å². The van der Waals surface area contributed by atoms with E-state index in [1.54, 1.807) is 6.07 Å². The van der Waals surface area contributed by atoms with Crippen molar-refractivity contribution in [2.24, 2.45) is 0 Å². The summed E-state index contributed by atoms with van der Waals surface area (Å²) in [5.74, 6) is 0.444. The third kappa shape index (κ3) is 2.43. The molecule has 1 N–H and O–H groups in total. The molecule has 1 unspecified atom stereocenters. The fourth-order valence-corrected chi connectivity index (χ4v) is 2.43. The number of rotatable bonds is 2. The van der Waals surface area contributed by atoms with E-state index in [-0.39, 0.29) is 6.04 Å². The van der Waals surface area contributed by atoms with Gasteiger partial charge in [-0.15, -0.1) is 0 Å². The summed E-state index contributed by atoms with van der Waals surface area (Å²) in [6.45, 7) is 0.620. The maximum absolute atomic E-state index is 13.4. The molecule has 3 nitrogen and oxygen atoms in total. The van der Waals surface area contributed by atoms with E-state index >= 15 is 0 Å². The summed E-state index contributed by atoms with van der Waals surface area (Å²) in [5.41, 5.74) is 1.98. The standard InChI is InChI=1S/C16H13FN2O/c17-12-7-11(10-18)8-13(9-12)19-15-5-6-20-16-4-2-1-3-14(15)16/h1-4,7-9,15,19H,5-6H2. The second kappa shape index (κ2) is 5.22. The van der Waals surface area contributed by atoms with Crippen LogP contribution in [0.1, 0.15) is 23.6 Å². The van der Waals surface area contributed by atoms with Gasteiger partial charge in [-0.1, -0.05) is 18.2 Å². The van der Waals surface area contributed by atoms with E-state index in [1.807, 2.05) is 30.3 Å². The molecule has 3 rings (SSSR count). The Bertz CT molecular complexity index is 678. The van der Waals surface area contributed by atoms with E-state index in [0.29, 0.717) is 17.9 Å². The summed E-state index contributed by atoms with van der Waals surface area (Å²) in [5, 5.41) is 12.2. The van der Waals surface area contributed by atoms with Crippen LogP contribution in [0.25, 0.3) is 0 Å². The Morgan fingerprint density at radius 1 is 1.25 bits per heavy atom. The number of fused-ring (bicyclic) bond motifs is 1. The lowest BCUT2D eigenvalue weighted by molar-refractivity contribution is 0.274. The topological polar surface area (TPSA) is 45.0 Å². The molecule has 0 spiro atoms. The molecule has 2 aromatic rings. The second-order valence-corrected chi connectivity index (χ2v) is 4.71. The van der Waals surface area contributed by atoms with Crippen molar-refractivity contribution >= 4 is 5.69 Å². The Labute approximate surface area is 116 Å². The van der Waals surface area contributed by atoms with Gasteiger partial charge in [0.1, 0.15) is 11.6 Å². The predicted octanol–water partition coefficient (Wildman–Crippen LogP) is 3.63. The first kappa shape index (κ1) is 12.5. The van der Waals surface area contributed by atoms with E-state index in [2.05, 4.69) is 5.32 Å². The molecule has 1 aliphatic heterocycles. The van der Waals surface area contributed by atoms with Gasteiger partial charge in [0.05, 0.1) is 24.3 Å². The fourth-order valence-electron chi connectivity index (χ4n) is 2.43. The molecule has 0 aliphatic carbocycles. The number of halogens is 1. The Hall–Kier alpha value is -2.54. The summed E-state index contributed by atoms with van der Waals surface area (Å²) in [7, 11) is 0. The number of benzene rings is 2. The number of nitrogens with one attached hydrogen (secondary N) is 1. The number of nitriles is 1. The number of ether oxygens (including phenoxy) is 1. The Balaban J connectivity index is 1.89. The summed E-state index contributed by atoms with van der Waals surface area (Å²) < 4.78 is 19.0. The van der Waals surface area contributed by atoms with Crippen molar-refractivity contribution in [1.82, 2.24) is 0 Å². The highest BCUT2D eigenvalue weighted by Gasteiger charge is 2.20. The van der Waals surface area contributed by atoms with Crippen LogP contribution in [0, 0.1) is 17.1 Å². The molecule has 2 aromatic carbocycles. The third-order valence-corrected chi connectivity index (χ3v) is 3.33. The molecule has 1 heterocycles. The Morgan fingerprint density at radius 2 is 2.10 bits per heavy atom. The van der Waals surface area contributed by atoms with Crippen molar-refractivity contribution in [1.29, 1.82) is 5.26 Å². The van der Waals surface area contributed by atoms with Crippen molar-refractivity contribution in [3.8, 4) is 11.8 Å². The molecule has 0 radical (unpaired) electrons. The molecule has 0 bridgehead atoms. The average molecular weight is 268 g/mol. The molecular weight excluding hydrogens is 255 g/mol. The number of hydrogen-bond donors (Lipinski definition) is 1. The van der Waals surface area contributed by atoms with Crippen molar-refractivity contribution < 1.29 is 9.13 Å². The Morgan fingerprint density at radius 3 is 2.95 bits per heavy atom. The zero-order valence-corrected chi connectivity index (χ0v) is 10.8. The van der Waals surface area contributed by atoms with Gasteiger partial charge in [-0.2, -0.15) is 5.26 Å². The van der Waals surface area contributed by atoms with Gasteiger partial charge in [-0.25, -0.2) is 4.39 Å². The lowest BCUT2D eigenvalue weighted by atomic mass is 10.00. The normalized spacial score (nSPS) is 16.7. The van der Waals surface area contributed by atoms with Crippen LogP contribution in [0.5, 0.6) is 5.75 Å². The van der Waals surface area contributed by atoms with Gasteiger partial charge < -0.3 is 10.1 Å². The first-order chi connectivity index (χ1) is 9.76. The SMILES string of the molecule is N#Cc1cc(F)cc(NC2CCOc3ccccc32)c1. The average Bonchev–Trinajstić information content (AvgIpc) is 2.47. The van der Waals surface area contributed by atoms with Crippen molar-refractivity contribution in [3.63, 3.8) is 0 Å². The van der Waals surface area contributed by atoms with Gasteiger partial charge in [0.25, 0.3) is 0 Å². The van der Waals surface area contributed by atoms with Crippen LogP contribution < -0.4 is 10.1 Å². The molecule has 20 heavy (non-hydrogen) atoms. The zero-order valence-electron chi connectivity index (χ0n) is 10.8. The lowest BCUT2D eigenvalue weighted by Crippen LogP contribution is -2.20. The molecule has 0 saturated carbocycles. The fraction of sp³-hybridized carbons (Fsp3) is 0.188. The maximum Gasteiger partial charge on any atom is 0.126 e. The van der Waals surface area contributed by atoms with Crippen LogP contribution in [-0.2, 0) is 0 Å². The van der Waals surface area contributed by atoms with Crippen molar-refractivity contribution in [2.75, 3.05) is 11.9 Å². The van der Waals surface area contributed by atoms with E-state index in [4.69, 9.17) is 10.00 Å². The van der Waals surface area contributed by atoms with Crippen LogP contribution in [0.2, 0.25) is 0 Å². The van der Waals surface area contributed by atoms with Crippen LogP contribution in [0.4, 0.5) is 10.1 Å². The minimum absolute atomic E-state index is 0.0632. The van der Waals surface area contributed by atoms with Crippen molar-refractivity contribution in [3.05, 3.63) is 59.4 Å². The summed E-state index contributed by atoms with van der Waals surface area (Å²) >= 11 is 0. The molecule has 0 amide bonds. The minimum Gasteiger partial charge on any atom is -0.493 e. The second-order valence-electron chi connectivity index (χ2n) is 4.71. The first-order valence-corrected chi connectivity index (χ1v) is 6.45. The summed E-state index contributed by atoms with van der Waals surface area (Å²) in [6, 6.07) is 14.1. The number of para-hydroxylation sites is 1. The van der Waals surface area contributed by atoms with Gasteiger partial charge >= 0.3 is 0 Å². The Kier molecular flexibility index (Phi) is 3.26. The van der Waals surface area contributed by atoms with Crippen LogP contribution in [-0.4, -0.2) is 6.61 Å². The van der Waals surface area contributed by atoms with Gasteiger partial charge in [-0.3, -0.25) is 0 Å². The highest BCUT2D eigenvalue weighted by molar-refractivity contribution is 5.52. The smallest absolute Gasteiger partial charge is 0.126 e. The van der Waals surface area contributed by atoms with Gasteiger partial charge in [0, 0.05) is 17.7 Å². The maximum atomic E-state index is 13.4. The predicted molar refractivity (Wildman–Crippen MR) is 74.0 cm³/mol. The molecular formula is C16H13FN2O. The molecule has 0 fully saturated rings. The summed E-state index contributed by atoms with van der Waals surface area (Å²) in [6.07, 6.45) is 0.801.